The van der Waals surface area contributed by atoms with Crippen molar-refractivity contribution in [2.24, 2.45) is 5.73 Å². The number of hydrogen-bond donors (Lipinski definition) is 1. The third-order valence-corrected chi connectivity index (χ3v) is 2.64. The summed E-state index contributed by atoms with van der Waals surface area (Å²) in [5.74, 6) is 0.235. The Bertz CT molecular complexity index is 565. The Morgan fingerprint density at radius 3 is 3.00 bits per heavy atom. The molecule has 0 amide bonds. The number of rotatable bonds is 3. The second-order valence-corrected chi connectivity index (χ2v) is 3.95. The van der Waals surface area contributed by atoms with Crippen LogP contribution in [-0.4, -0.2) is 29.0 Å². The summed E-state index contributed by atoms with van der Waals surface area (Å²) >= 11 is 5.92. The second kappa shape index (κ2) is 4.73. The molecule has 0 atom stereocenters. The van der Waals surface area contributed by atoms with Gasteiger partial charge in [-0.2, -0.15) is 0 Å². The van der Waals surface area contributed by atoms with E-state index in [0.29, 0.717) is 29.3 Å². The highest BCUT2D eigenvalue weighted by Gasteiger charge is 2.17. The van der Waals surface area contributed by atoms with Crippen molar-refractivity contribution in [2.45, 2.75) is 6.42 Å². The van der Waals surface area contributed by atoms with Crippen LogP contribution in [0.1, 0.15) is 16.3 Å². The Morgan fingerprint density at radius 1 is 1.59 bits per heavy atom. The Hall–Kier alpha value is -1.59. The first-order chi connectivity index (χ1) is 8.17. The molecule has 0 aromatic carbocycles. The minimum Gasteiger partial charge on any atom is -0.464 e. The molecule has 2 N–H and O–H groups in total. The lowest BCUT2D eigenvalue weighted by Gasteiger charge is -1.99. The maximum atomic E-state index is 11.6. The van der Waals surface area contributed by atoms with Crippen molar-refractivity contribution in [2.75, 3.05) is 13.7 Å². The Morgan fingerprint density at radius 2 is 2.35 bits per heavy atom. The van der Waals surface area contributed by atoms with Gasteiger partial charge in [-0.1, -0.05) is 11.6 Å². The molecule has 5 nitrogen and oxygen atoms in total. The van der Waals surface area contributed by atoms with E-state index in [-0.39, 0.29) is 5.69 Å². The SMILES string of the molecule is COC(=O)c1nc(CCN)n2cc(Cl)ccc12. The van der Waals surface area contributed by atoms with E-state index in [4.69, 9.17) is 17.3 Å². The smallest absolute Gasteiger partial charge is 0.358 e. The molecule has 0 spiro atoms. The summed E-state index contributed by atoms with van der Waals surface area (Å²) in [5.41, 5.74) is 6.46. The van der Waals surface area contributed by atoms with Gasteiger partial charge in [0, 0.05) is 12.6 Å². The molecule has 0 bridgehead atoms. The van der Waals surface area contributed by atoms with Crippen molar-refractivity contribution in [3.8, 4) is 0 Å². The van der Waals surface area contributed by atoms with Crippen LogP contribution in [0, 0.1) is 0 Å². The van der Waals surface area contributed by atoms with E-state index in [1.807, 2.05) is 0 Å². The number of nitrogens with two attached hydrogens (primary N) is 1. The first-order valence-corrected chi connectivity index (χ1v) is 5.50. The number of aromatic nitrogens is 2. The van der Waals surface area contributed by atoms with Gasteiger partial charge >= 0.3 is 5.97 Å². The quantitative estimate of drug-likeness (QED) is 0.837. The zero-order valence-electron chi connectivity index (χ0n) is 9.31. The third-order valence-electron chi connectivity index (χ3n) is 2.42. The van der Waals surface area contributed by atoms with Gasteiger partial charge in [-0.25, -0.2) is 9.78 Å². The summed E-state index contributed by atoms with van der Waals surface area (Å²) in [7, 11) is 1.33. The standard InChI is InChI=1S/C11H12ClN3O2/c1-17-11(16)10-8-3-2-7(12)6-15(8)9(14-10)4-5-13/h2-3,6H,4-5,13H2,1H3. The van der Waals surface area contributed by atoms with Crippen LogP contribution in [0.5, 0.6) is 0 Å². The lowest BCUT2D eigenvalue weighted by molar-refractivity contribution is 0.0597. The summed E-state index contributed by atoms with van der Waals surface area (Å²) in [6.45, 7) is 0.451. The fourth-order valence-corrected chi connectivity index (χ4v) is 1.83. The van der Waals surface area contributed by atoms with Crippen LogP contribution < -0.4 is 5.73 Å². The maximum Gasteiger partial charge on any atom is 0.358 e. The number of nitrogens with zero attached hydrogens (tertiary/aromatic N) is 2. The third kappa shape index (κ3) is 2.11. The van der Waals surface area contributed by atoms with E-state index in [9.17, 15) is 4.79 Å². The molecule has 90 valence electrons. The van der Waals surface area contributed by atoms with Gasteiger partial charge in [-0.05, 0) is 18.7 Å². The molecule has 0 aliphatic rings. The molecule has 0 radical (unpaired) electrons. The van der Waals surface area contributed by atoms with Crippen LogP contribution >= 0.6 is 11.6 Å². The molecule has 2 rings (SSSR count). The van der Waals surface area contributed by atoms with Crippen molar-refractivity contribution in [1.29, 1.82) is 0 Å². The highest BCUT2D eigenvalue weighted by Crippen LogP contribution is 2.18. The highest BCUT2D eigenvalue weighted by molar-refractivity contribution is 6.30. The van der Waals surface area contributed by atoms with Gasteiger partial charge in [0.15, 0.2) is 5.69 Å². The van der Waals surface area contributed by atoms with Crippen molar-refractivity contribution < 1.29 is 9.53 Å². The minimum atomic E-state index is -0.465. The van der Waals surface area contributed by atoms with Gasteiger partial charge in [0.2, 0.25) is 0 Å². The van der Waals surface area contributed by atoms with E-state index < -0.39 is 5.97 Å². The number of carbonyl (C=O) groups is 1. The molecular weight excluding hydrogens is 242 g/mol. The number of ether oxygens (including phenoxy) is 1. The van der Waals surface area contributed by atoms with E-state index >= 15 is 0 Å². The molecule has 2 aromatic rings. The molecule has 0 aliphatic heterocycles. The number of methoxy groups -OCH3 is 1. The van der Waals surface area contributed by atoms with E-state index in [1.54, 1.807) is 22.7 Å². The zero-order valence-corrected chi connectivity index (χ0v) is 10.1. The van der Waals surface area contributed by atoms with Gasteiger partial charge < -0.3 is 14.9 Å². The van der Waals surface area contributed by atoms with E-state index in [0.717, 1.165) is 0 Å². The zero-order chi connectivity index (χ0) is 12.4. The van der Waals surface area contributed by atoms with Gasteiger partial charge in [-0.15, -0.1) is 0 Å². The number of carbonyl (C=O) groups excluding carboxylic acids is 1. The first-order valence-electron chi connectivity index (χ1n) is 5.12. The number of fused-ring (bicyclic) bond motifs is 1. The van der Waals surface area contributed by atoms with Crippen LogP contribution in [0.2, 0.25) is 5.02 Å². The van der Waals surface area contributed by atoms with Crippen molar-refractivity contribution in [3.63, 3.8) is 0 Å². The number of halogens is 1. The van der Waals surface area contributed by atoms with Gasteiger partial charge in [0.1, 0.15) is 5.82 Å². The summed E-state index contributed by atoms with van der Waals surface area (Å²) in [6, 6.07) is 3.44. The predicted octanol–water partition coefficient (Wildman–Crippen LogP) is 1.28. The van der Waals surface area contributed by atoms with Crippen molar-refractivity contribution >= 4 is 23.1 Å². The van der Waals surface area contributed by atoms with Crippen LogP contribution in [0.25, 0.3) is 5.52 Å². The van der Waals surface area contributed by atoms with Gasteiger partial charge in [0.05, 0.1) is 17.6 Å². The second-order valence-electron chi connectivity index (χ2n) is 3.51. The highest BCUT2D eigenvalue weighted by atomic mass is 35.5. The van der Waals surface area contributed by atoms with Crippen LogP contribution in [0.15, 0.2) is 18.3 Å². The van der Waals surface area contributed by atoms with E-state index in [2.05, 4.69) is 9.72 Å². The molecule has 17 heavy (non-hydrogen) atoms. The summed E-state index contributed by atoms with van der Waals surface area (Å²) in [6.07, 6.45) is 2.28. The summed E-state index contributed by atoms with van der Waals surface area (Å²) < 4.78 is 6.45. The Balaban J connectivity index is 2.66. The summed E-state index contributed by atoms with van der Waals surface area (Å²) in [4.78, 5) is 15.8. The lowest BCUT2D eigenvalue weighted by Crippen LogP contribution is -2.06. The maximum absolute atomic E-state index is 11.6. The number of esters is 1. The minimum absolute atomic E-state index is 0.285. The first kappa shape index (κ1) is 11.9. The molecule has 0 unspecified atom stereocenters. The number of pyridine rings is 1. The Labute approximate surface area is 103 Å². The summed E-state index contributed by atoms with van der Waals surface area (Å²) in [5, 5.41) is 0.574. The molecule has 0 fully saturated rings. The fourth-order valence-electron chi connectivity index (χ4n) is 1.67. The van der Waals surface area contributed by atoms with Crippen LogP contribution in [0.4, 0.5) is 0 Å². The molecule has 2 heterocycles. The van der Waals surface area contributed by atoms with Crippen molar-refractivity contribution in [3.05, 3.63) is 34.9 Å². The van der Waals surface area contributed by atoms with Crippen molar-refractivity contribution in [1.82, 2.24) is 9.38 Å². The van der Waals surface area contributed by atoms with Crippen LogP contribution in [-0.2, 0) is 11.2 Å². The predicted molar refractivity (Wildman–Crippen MR) is 64.3 cm³/mol. The monoisotopic (exact) mass is 253 g/mol. The average Bonchev–Trinajstić information content (AvgIpc) is 2.67. The Kier molecular flexibility index (Phi) is 3.31. The topological polar surface area (TPSA) is 69.6 Å². The normalized spacial score (nSPS) is 10.8. The molecule has 0 saturated carbocycles. The average molecular weight is 254 g/mol. The van der Waals surface area contributed by atoms with Crippen LogP contribution in [0.3, 0.4) is 0 Å². The number of hydrogen-bond acceptors (Lipinski definition) is 4. The lowest BCUT2D eigenvalue weighted by atomic mass is 10.3. The fraction of sp³-hybridized carbons (Fsp3) is 0.273. The molecular formula is C11H12ClN3O2. The van der Waals surface area contributed by atoms with Gasteiger partial charge in [0.25, 0.3) is 0 Å². The largest absolute Gasteiger partial charge is 0.464 e. The van der Waals surface area contributed by atoms with E-state index in [1.165, 1.54) is 7.11 Å². The molecule has 2 aromatic heterocycles. The molecule has 0 aliphatic carbocycles. The number of imidazole rings is 1. The molecule has 0 saturated heterocycles. The van der Waals surface area contributed by atoms with Gasteiger partial charge in [-0.3, -0.25) is 0 Å². The molecule has 6 heteroatoms.